The molecule has 0 N–H and O–H groups in total. The van der Waals surface area contributed by atoms with E-state index in [0.717, 1.165) is 0 Å². The Balaban J connectivity index is 3.58. The molecule has 0 rings (SSSR count). The van der Waals surface area contributed by atoms with Gasteiger partial charge in [-0.3, -0.25) is 4.79 Å². The van der Waals surface area contributed by atoms with E-state index in [1.54, 1.807) is 0 Å². The summed E-state index contributed by atoms with van der Waals surface area (Å²) >= 11 is 4.78. The van der Waals surface area contributed by atoms with Crippen molar-refractivity contribution in [3.63, 3.8) is 0 Å². The van der Waals surface area contributed by atoms with Gasteiger partial charge in [-0.15, -0.1) is 11.6 Å². The van der Waals surface area contributed by atoms with Gasteiger partial charge < -0.3 is 9.90 Å². The van der Waals surface area contributed by atoms with Crippen LogP contribution in [-0.4, -0.2) is 17.6 Å². The van der Waals surface area contributed by atoms with E-state index in [-0.39, 0.29) is 0 Å². The third kappa shape index (κ3) is 2.17. The number of carboxylic acid groups (broad SMARTS) is 1. The van der Waals surface area contributed by atoms with Crippen LogP contribution in [0.1, 0.15) is 0 Å². The van der Waals surface area contributed by atoms with Crippen molar-refractivity contribution in [2.75, 3.05) is 5.88 Å². The van der Waals surface area contributed by atoms with E-state index in [1.165, 1.54) is 0 Å². The van der Waals surface area contributed by atoms with Gasteiger partial charge in [0.2, 0.25) is 0 Å². The Kier molecular flexibility index (Phi) is 2.37. The predicted molar refractivity (Wildman–Crippen MR) is 20.7 cm³/mol. The highest BCUT2D eigenvalue weighted by Gasteiger charge is 1.95. The second-order valence-electron chi connectivity index (χ2n) is 0.844. The van der Waals surface area contributed by atoms with Crippen LogP contribution in [0.25, 0.3) is 0 Å². The quantitative estimate of drug-likeness (QED) is 0.332. The minimum absolute atomic E-state index is 0.512. The van der Waals surface area contributed by atoms with Crippen molar-refractivity contribution in [2.45, 2.75) is 0 Å². The molecule has 0 amide bonds. The van der Waals surface area contributed by atoms with E-state index in [4.69, 9.17) is 11.6 Å². The first-order valence-electron chi connectivity index (χ1n) is 1.48. The Bertz CT molecular complexity index is 98.4. The molecule has 7 heavy (non-hydrogen) atoms. The third-order valence-corrected chi connectivity index (χ3v) is 0.592. The van der Waals surface area contributed by atoms with Crippen LogP contribution in [0.4, 0.5) is 0 Å². The molecule has 0 fully saturated rings. The van der Waals surface area contributed by atoms with Gasteiger partial charge in [0.25, 0.3) is 0 Å². The fraction of sp³-hybridized carbons (Fsp3) is 0.333. The summed E-state index contributed by atoms with van der Waals surface area (Å²) in [6.45, 7) is 0. The Labute approximate surface area is 44.9 Å². The number of alkyl halides is 1. The predicted octanol–water partition coefficient (Wildman–Crippen LogP) is -1.46. The minimum atomic E-state index is -1.73. The van der Waals surface area contributed by atoms with Gasteiger partial charge in [0.05, 0.1) is 5.88 Å². The molecule has 0 saturated heterocycles. The van der Waals surface area contributed by atoms with Crippen molar-refractivity contribution in [2.24, 2.45) is 0 Å². The Morgan fingerprint density at radius 1 is 1.57 bits per heavy atom. The first-order valence-corrected chi connectivity index (χ1v) is 2.02. The zero-order chi connectivity index (χ0) is 5.86. The second-order valence-corrected chi connectivity index (χ2v) is 1.11. The molecule has 0 aliphatic heterocycles. The Morgan fingerprint density at radius 3 is 2.00 bits per heavy atom. The van der Waals surface area contributed by atoms with Crippen LogP contribution >= 0.6 is 11.6 Å². The summed E-state index contributed by atoms with van der Waals surface area (Å²) in [4.78, 5) is 19.1. The van der Waals surface area contributed by atoms with E-state index in [0.29, 0.717) is 0 Å². The molecule has 3 nitrogen and oxygen atoms in total. The van der Waals surface area contributed by atoms with Gasteiger partial charge in [0.15, 0.2) is 5.78 Å². The van der Waals surface area contributed by atoms with Crippen molar-refractivity contribution in [3.05, 3.63) is 0 Å². The van der Waals surface area contributed by atoms with Crippen LogP contribution < -0.4 is 5.11 Å². The summed E-state index contributed by atoms with van der Waals surface area (Å²) in [5, 5.41) is 9.39. The molecule has 0 aromatic heterocycles. The molecule has 0 aromatic carbocycles. The molecule has 0 aliphatic carbocycles. The number of halogens is 1. The summed E-state index contributed by atoms with van der Waals surface area (Å²) in [5.41, 5.74) is 0. The highest BCUT2D eigenvalue weighted by molar-refractivity contribution is 6.44. The lowest BCUT2D eigenvalue weighted by molar-refractivity contribution is -0.299. The molecule has 40 valence electrons. The third-order valence-electron chi connectivity index (χ3n) is 0.349. The van der Waals surface area contributed by atoms with Crippen LogP contribution in [0, 0.1) is 0 Å². The first-order chi connectivity index (χ1) is 3.18. The smallest absolute Gasteiger partial charge is 0.192 e. The fourth-order valence-electron chi connectivity index (χ4n) is 0.0546. The van der Waals surface area contributed by atoms with Crippen LogP contribution in [-0.2, 0) is 9.59 Å². The number of carboxylic acids is 1. The summed E-state index contributed by atoms with van der Waals surface area (Å²) in [6, 6.07) is 0. The van der Waals surface area contributed by atoms with Crippen molar-refractivity contribution in [1.29, 1.82) is 0 Å². The van der Waals surface area contributed by atoms with Gasteiger partial charge in [-0.2, -0.15) is 0 Å². The number of ketones is 1. The largest absolute Gasteiger partial charge is 0.542 e. The summed E-state index contributed by atoms with van der Waals surface area (Å²) in [7, 11) is 0. The minimum Gasteiger partial charge on any atom is -0.542 e. The molecule has 4 heteroatoms. The SMILES string of the molecule is O=C([O-])C(=O)CCl. The van der Waals surface area contributed by atoms with E-state index < -0.39 is 17.6 Å². The molecule has 0 aromatic rings. The lowest BCUT2D eigenvalue weighted by Crippen LogP contribution is -2.32. The molecular formula is C3H2ClO3-. The molecule has 0 heterocycles. The Hall–Kier alpha value is -0.570. The molecular weight excluding hydrogens is 119 g/mol. The van der Waals surface area contributed by atoms with Crippen molar-refractivity contribution < 1.29 is 14.7 Å². The van der Waals surface area contributed by atoms with Crippen LogP contribution in [0.3, 0.4) is 0 Å². The van der Waals surface area contributed by atoms with Gasteiger partial charge in [0, 0.05) is 0 Å². The molecule has 0 spiro atoms. The fourth-order valence-corrected chi connectivity index (χ4v) is 0.164. The highest BCUT2D eigenvalue weighted by Crippen LogP contribution is 1.73. The van der Waals surface area contributed by atoms with E-state index in [2.05, 4.69) is 0 Å². The number of Topliss-reactive ketones (excluding diaryl/α,β-unsaturated/α-hetero) is 1. The highest BCUT2D eigenvalue weighted by atomic mass is 35.5. The number of hydrogen-bond donors (Lipinski definition) is 0. The van der Waals surface area contributed by atoms with Gasteiger partial charge in [0.1, 0.15) is 5.97 Å². The molecule has 0 unspecified atom stereocenters. The zero-order valence-corrected chi connectivity index (χ0v) is 4.07. The number of rotatable bonds is 2. The number of carbonyl (C=O) groups is 2. The summed E-state index contributed by atoms with van der Waals surface area (Å²) in [5.74, 6) is -3.32. The molecule has 0 saturated carbocycles. The van der Waals surface area contributed by atoms with Gasteiger partial charge in [-0.05, 0) is 0 Å². The van der Waals surface area contributed by atoms with Gasteiger partial charge >= 0.3 is 0 Å². The number of aliphatic carboxylic acids is 1. The van der Waals surface area contributed by atoms with E-state index in [1.807, 2.05) is 0 Å². The lowest BCUT2D eigenvalue weighted by atomic mass is 10.5. The number of carbonyl (C=O) groups excluding carboxylic acids is 2. The normalized spacial score (nSPS) is 8.14. The average Bonchev–Trinajstić information content (AvgIpc) is 1.65. The summed E-state index contributed by atoms with van der Waals surface area (Å²) < 4.78 is 0. The topological polar surface area (TPSA) is 57.2 Å². The molecule has 0 atom stereocenters. The van der Waals surface area contributed by atoms with Crippen LogP contribution in [0.15, 0.2) is 0 Å². The van der Waals surface area contributed by atoms with Crippen molar-refractivity contribution in [3.8, 4) is 0 Å². The second kappa shape index (κ2) is 2.58. The van der Waals surface area contributed by atoms with E-state index >= 15 is 0 Å². The lowest BCUT2D eigenvalue weighted by Gasteiger charge is -1.91. The van der Waals surface area contributed by atoms with Crippen molar-refractivity contribution >= 4 is 23.4 Å². The van der Waals surface area contributed by atoms with Gasteiger partial charge in [-0.25, -0.2) is 0 Å². The standard InChI is InChI=1S/C3H3ClO3/c4-1-2(5)3(6)7/h1H2,(H,6,7)/p-1. The van der Waals surface area contributed by atoms with Gasteiger partial charge in [-0.1, -0.05) is 0 Å². The average molecular weight is 121 g/mol. The van der Waals surface area contributed by atoms with Crippen molar-refractivity contribution in [1.82, 2.24) is 0 Å². The van der Waals surface area contributed by atoms with E-state index in [9.17, 15) is 14.7 Å². The van der Waals surface area contributed by atoms with Crippen LogP contribution in [0.5, 0.6) is 0 Å². The van der Waals surface area contributed by atoms with Crippen LogP contribution in [0.2, 0.25) is 0 Å². The summed E-state index contributed by atoms with van der Waals surface area (Å²) in [6.07, 6.45) is 0. The maximum absolute atomic E-state index is 9.72. The zero-order valence-electron chi connectivity index (χ0n) is 3.31. The first kappa shape index (κ1) is 6.43. The number of hydrogen-bond acceptors (Lipinski definition) is 3. The molecule has 0 bridgehead atoms. The maximum Gasteiger partial charge on any atom is 0.192 e. The molecule has 0 aliphatic rings. The maximum atomic E-state index is 9.72. The monoisotopic (exact) mass is 121 g/mol. The Morgan fingerprint density at radius 2 is 2.00 bits per heavy atom. The molecule has 0 radical (unpaired) electrons.